The summed E-state index contributed by atoms with van der Waals surface area (Å²) in [5, 5.41) is 15.0. The van der Waals surface area contributed by atoms with Crippen molar-refractivity contribution in [2.24, 2.45) is 5.10 Å². The Morgan fingerprint density at radius 3 is 2.75 bits per heavy atom. The number of nitrogens with one attached hydrogen (secondary N) is 1. The zero-order valence-electron chi connectivity index (χ0n) is 12.8. The molecule has 2 aliphatic heterocycles. The topological polar surface area (TPSA) is 103 Å². The molecule has 1 saturated heterocycles. The molecule has 0 bridgehead atoms. The van der Waals surface area contributed by atoms with Crippen molar-refractivity contribution in [1.29, 1.82) is 0 Å². The summed E-state index contributed by atoms with van der Waals surface area (Å²) in [6, 6.07) is 2.76. The minimum absolute atomic E-state index is 0.0255. The fourth-order valence-electron chi connectivity index (χ4n) is 2.37. The Kier molecular flexibility index (Phi) is 4.86. The van der Waals surface area contributed by atoms with E-state index in [1.54, 1.807) is 23.5 Å². The van der Waals surface area contributed by atoms with Gasteiger partial charge in [0.1, 0.15) is 0 Å². The molecule has 2 aliphatic rings. The van der Waals surface area contributed by atoms with E-state index in [-0.39, 0.29) is 28.0 Å². The minimum atomic E-state index is -0.530. The van der Waals surface area contributed by atoms with E-state index in [9.17, 15) is 14.9 Å². The second-order valence-corrected chi connectivity index (χ2v) is 8.78. The van der Waals surface area contributed by atoms with Crippen LogP contribution >= 0.6 is 23.5 Å². The number of fused-ring (bicyclic) bond motifs is 1. The van der Waals surface area contributed by atoms with Gasteiger partial charge in [0.15, 0.2) is 11.5 Å². The number of hydrazone groups is 1. The van der Waals surface area contributed by atoms with Crippen molar-refractivity contribution in [3.8, 4) is 11.5 Å². The smallest absolute Gasteiger partial charge is 0.282 e. The number of ether oxygens (including phenoxy) is 2. The van der Waals surface area contributed by atoms with Crippen molar-refractivity contribution in [2.75, 3.05) is 18.3 Å². The Morgan fingerprint density at radius 2 is 2.08 bits per heavy atom. The molecule has 0 radical (unpaired) electrons. The predicted octanol–water partition coefficient (Wildman–Crippen LogP) is 2.36. The quantitative estimate of drug-likeness (QED) is 0.483. The van der Waals surface area contributed by atoms with Gasteiger partial charge in [-0.25, -0.2) is 5.43 Å². The number of nitro groups is 1. The molecule has 1 fully saturated rings. The second-order valence-electron chi connectivity index (χ2n) is 5.32. The summed E-state index contributed by atoms with van der Waals surface area (Å²) in [5.74, 6) is 2.58. The highest BCUT2D eigenvalue weighted by Gasteiger charge is 2.32. The van der Waals surface area contributed by atoms with Gasteiger partial charge in [-0.05, 0) is 13.0 Å². The van der Waals surface area contributed by atoms with Gasteiger partial charge in [0, 0.05) is 11.5 Å². The molecular formula is C14H15N3O5S2. The molecule has 2 heterocycles. The maximum atomic E-state index is 12.0. The van der Waals surface area contributed by atoms with Crippen LogP contribution in [0.25, 0.3) is 0 Å². The standard InChI is InChI=1S/C14H15N3O5S2/c1-14(23-2-3-24-14)6-13(18)16-15-7-9-4-11-12(22-8-21-11)5-10(9)17(19)20/h4-5,7H,2-3,6,8H2,1H3,(H,16,18)/b15-7-. The lowest BCUT2D eigenvalue weighted by atomic mass is 10.1. The number of nitro benzene ring substituents is 1. The molecule has 0 saturated carbocycles. The van der Waals surface area contributed by atoms with Crippen LogP contribution in [-0.4, -0.2) is 39.4 Å². The van der Waals surface area contributed by atoms with Crippen LogP contribution in [0.4, 0.5) is 5.69 Å². The van der Waals surface area contributed by atoms with Gasteiger partial charge >= 0.3 is 0 Å². The van der Waals surface area contributed by atoms with Crippen molar-refractivity contribution >= 4 is 41.3 Å². The summed E-state index contributed by atoms with van der Waals surface area (Å²) in [5.41, 5.74) is 2.50. The molecule has 1 amide bonds. The molecule has 0 aromatic heterocycles. The van der Waals surface area contributed by atoms with E-state index in [1.807, 2.05) is 6.92 Å². The second kappa shape index (κ2) is 6.89. The van der Waals surface area contributed by atoms with Crippen LogP contribution < -0.4 is 14.9 Å². The molecule has 128 valence electrons. The van der Waals surface area contributed by atoms with Gasteiger partial charge < -0.3 is 9.47 Å². The third kappa shape index (κ3) is 3.75. The largest absolute Gasteiger partial charge is 0.454 e. The summed E-state index contributed by atoms with van der Waals surface area (Å²) in [6.45, 7) is 2.05. The number of hydrogen-bond donors (Lipinski definition) is 1. The van der Waals surface area contributed by atoms with Gasteiger partial charge in [0.25, 0.3) is 5.69 Å². The van der Waals surface area contributed by atoms with Gasteiger partial charge in [-0.1, -0.05) is 0 Å². The Hall–Kier alpha value is -1.94. The van der Waals surface area contributed by atoms with E-state index in [0.717, 1.165) is 11.5 Å². The van der Waals surface area contributed by atoms with E-state index < -0.39 is 4.92 Å². The van der Waals surface area contributed by atoms with Crippen LogP contribution in [0.3, 0.4) is 0 Å². The first-order valence-corrected chi connectivity index (χ1v) is 9.12. The van der Waals surface area contributed by atoms with E-state index in [1.165, 1.54) is 18.3 Å². The molecule has 8 nitrogen and oxygen atoms in total. The fraction of sp³-hybridized carbons (Fsp3) is 0.429. The number of thioether (sulfide) groups is 2. The van der Waals surface area contributed by atoms with Gasteiger partial charge in [-0.3, -0.25) is 14.9 Å². The first kappa shape index (κ1) is 16.9. The number of hydrogen-bond acceptors (Lipinski definition) is 8. The third-order valence-corrected chi connectivity index (χ3v) is 6.78. The highest BCUT2D eigenvalue weighted by Crippen LogP contribution is 2.45. The van der Waals surface area contributed by atoms with Crippen LogP contribution in [0.5, 0.6) is 11.5 Å². The average Bonchev–Trinajstić information content (AvgIpc) is 3.14. The molecule has 10 heteroatoms. The zero-order valence-corrected chi connectivity index (χ0v) is 14.4. The van der Waals surface area contributed by atoms with E-state index in [4.69, 9.17) is 9.47 Å². The first-order valence-electron chi connectivity index (χ1n) is 7.15. The van der Waals surface area contributed by atoms with Gasteiger partial charge in [-0.2, -0.15) is 5.10 Å². The van der Waals surface area contributed by atoms with E-state index >= 15 is 0 Å². The van der Waals surface area contributed by atoms with Crippen LogP contribution in [0.1, 0.15) is 18.9 Å². The number of nitrogens with zero attached hydrogens (tertiary/aromatic N) is 2. The van der Waals surface area contributed by atoms with Crippen molar-refractivity contribution in [1.82, 2.24) is 5.43 Å². The van der Waals surface area contributed by atoms with Crippen molar-refractivity contribution in [2.45, 2.75) is 17.4 Å². The third-order valence-electron chi connectivity index (χ3n) is 3.49. The molecule has 1 aromatic carbocycles. The molecule has 0 spiro atoms. The molecule has 1 N–H and O–H groups in total. The predicted molar refractivity (Wildman–Crippen MR) is 92.9 cm³/mol. The summed E-state index contributed by atoms with van der Waals surface area (Å²) in [6.07, 6.45) is 1.58. The molecular weight excluding hydrogens is 354 g/mol. The molecule has 3 rings (SSSR count). The molecule has 1 aromatic rings. The average molecular weight is 369 g/mol. The number of rotatable bonds is 5. The van der Waals surface area contributed by atoms with Crippen LogP contribution in [0.15, 0.2) is 17.2 Å². The highest BCUT2D eigenvalue weighted by atomic mass is 32.2. The van der Waals surface area contributed by atoms with E-state index in [2.05, 4.69) is 10.5 Å². The van der Waals surface area contributed by atoms with Crippen LogP contribution in [0.2, 0.25) is 0 Å². The highest BCUT2D eigenvalue weighted by molar-refractivity contribution is 8.21. The molecule has 0 atom stereocenters. The monoisotopic (exact) mass is 369 g/mol. The minimum Gasteiger partial charge on any atom is -0.454 e. The number of benzene rings is 1. The lowest BCUT2D eigenvalue weighted by Crippen LogP contribution is -2.26. The lowest BCUT2D eigenvalue weighted by Gasteiger charge is -2.19. The van der Waals surface area contributed by atoms with Crippen LogP contribution in [0, 0.1) is 10.1 Å². The number of carbonyl (C=O) groups excluding carboxylic acids is 1. The Morgan fingerprint density at radius 1 is 1.42 bits per heavy atom. The van der Waals surface area contributed by atoms with Gasteiger partial charge in [-0.15, -0.1) is 23.5 Å². The van der Waals surface area contributed by atoms with Crippen LogP contribution in [-0.2, 0) is 4.79 Å². The lowest BCUT2D eigenvalue weighted by molar-refractivity contribution is -0.385. The summed E-state index contributed by atoms with van der Waals surface area (Å²) in [7, 11) is 0. The van der Waals surface area contributed by atoms with Gasteiger partial charge in [0.05, 0.1) is 33.3 Å². The van der Waals surface area contributed by atoms with E-state index in [0.29, 0.717) is 17.9 Å². The summed E-state index contributed by atoms with van der Waals surface area (Å²) < 4.78 is 10.2. The zero-order chi connectivity index (χ0) is 17.2. The number of carbonyl (C=O) groups is 1. The maximum Gasteiger partial charge on any atom is 0.282 e. The first-order chi connectivity index (χ1) is 11.5. The summed E-state index contributed by atoms with van der Waals surface area (Å²) >= 11 is 3.51. The van der Waals surface area contributed by atoms with Crippen molar-refractivity contribution in [3.63, 3.8) is 0 Å². The SMILES string of the molecule is CC1(CC(=O)N/N=C\c2cc3c(cc2[N+](=O)[O-])OCO3)SCCS1. The summed E-state index contributed by atoms with van der Waals surface area (Å²) in [4.78, 5) is 22.6. The Bertz CT molecular complexity index is 704. The fourth-order valence-corrected chi connectivity index (χ4v) is 5.20. The van der Waals surface area contributed by atoms with Crippen molar-refractivity contribution < 1.29 is 19.2 Å². The molecule has 0 unspecified atom stereocenters. The maximum absolute atomic E-state index is 12.0. The van der Waals surface area contributed by atoms with Crippen molar-refractivity contribution in [3.05, 3.63) is 27.8 Å². The Labute approximate surface area is 146 Å². The molecule has 24 heavy (non-hydrogen) atoms. The Balaban J connectivity index is 1.68. The van der Waals surface area contributed by atoms with Gasteiger partial charge in [0.2, 0.25) is 12.7 Å². The number of amides is 1. The normalized spacial score (nSPS) is 18.0. The molecule has 0 aliphatic carbocycles.